The van der Waals surface area contributed by atoms with Crippen molar-refractivity contribution in [2.24, 2.45) is 0 Å². The van der Waals surface area contributed by atoms with Gasteiger partial charge >= 0.3 is 5.69 Å². The number of nitrogens with zero attached hydrogens (tertiary/aromatic N) is 1. The second kappa shape index (κ2) is 3.36. The first-order chi connectivity index (χ1) is 5.65. The summed E-state index contributed by atoms with van der Waals surface area (Å²) in [6.07, 6.45) is 0.829. The Bertz CT molecular complexity index is 365. The number of rotatable bonds is 2. The molecule has 1 rings (SSSR count). The van der Waals surface area contributed by atoms with Gasteiger partial charge in [0.25, 0.3) is 5.56 Å². The molecule has 66 valence electrons. The van der Waals surface area contributed by atoms with Crippen molar-refractivity contribution in [2.75, 3.05) is 0 Å². The van der Waals surface area contributed by atoms with Gasteiger partial charge in [-0.3, -0.25) is 14.3 Å². The Labute approximate surface area is 68.3 Å². The molecule has 5 nitrogen and oxygen atoms in total. The van der Waals surface area contributed by atoms with Crippen molar-refractivity contribution < 1.29 is 5.11 Å². The van der Waals surface area contributed by atoms with Crippen molar-refractivity contribution in [1.82, 2.24) is 9.55 Å². The van der Waals surface area contributed by atoms with Crippen LogP contribution in [0.5, 0.6) is 0 Å². The maximum absolute atomic E-state index is 11.0. The topological polar surface area (TPSA) is 75.1 Å². The summed E-state index contributed by atoms with van der Waals surface area (Å²) in [6.45, 7) is 1.74. The Hall–Kier alpha value is -1.36. The Balaban J connectivity index is 3.19. The highest BCUT2D eigenvalue weighted by molar-refractivity contribution is 4.83. The Morgan fingerprint density at radius 3 is 2.83 bits per heavy atom. The van der Waals surface area contributed by atoms with Crippen LogP contribution in [0.15, 0.2) is 21.9 Å². The first-order valence-electron chi connectivity index (χ1n) is 3.64. The summed E-state index contributed by atoms with van der Waals surface area (Å²) >= 11 is 0. The zero-order chi connectivity index (χ0) is 9.14. The van der Waals surface area contributed by atoms with Gasteiger partial charge in [-0.2, -0.15) is 0 Å². The quantitative estimate of drug-likeness (QED) is 0.624. The van der Waals surface area contributed by atoms with Crippen LogP contribution in [0.25, 0.3) is 0 Å². The van der Waals surface area contributed by atoms with Crippen molar-refractivity contribution in [3.05, 3.63) is 33.1 Å². The molecule has 2 N–H and O–H groups in total. The van der Waals surface area contributed by atoms with Gasteiger partial charge in [0.2, 0.25) is 0 Å². The van der Waals surface area contributed by atoms with Gasteiger partial charge in [0.05, 0.1) is 0 Å². The molecule has 0 bridgehead atoms. The van der Waals surface area contributed by atoms with Gasteiger partial charge in [-0.05, 0) is 6.42 Å². The van der Waals surface area contributed by atoms with Gasteiger partial charge in [0, 0.05) is 12.3 Å². The summed E-state index contributed by atoms with van der Waals surface area (Å²) < 4.78 is 1.07. The van der Waals surface area contributed by atoms with Crippen molar-refractivity contribution in [3.8, 4) is 0 Å². The molecule has 0 spiro atoms. The standard InChI is InChI=1S/C7H10N2O3/c1-2-6(11)9-4-3-5(10)8-7(9)12/h3-4,6,11H,2H2,1H3,(H,8,10,12)/t6-/m1/s1. The highest BCUT2D eigenvalue weighted by Crippen LogP contribution is 1.99. The average molecular weight is 170 g/mol. The molecule has 0 aromatic carbocycles. The van der Waals surface area contributed by atoms with Gasteiger partial charge in [-0.1, -0.05) is 6.92 Å². The lowest BCUT2D eigenvalue weighted by Crippen LogP contribution is -2.31. The molecule has 0 fully saturated rings. The lowest BCUT2D eigenvalue weighted by molar-refractivity contribution is 0.0945. The zero-order valence-electron chi connectivity index (χ0n) is 6.65. The molecule has 0 aliphatic heterocycles. The average Bonchev–Trinajstić information content (AvgIpc) is 2.03. The molecule has 0 saturated heterocycles. The second-order valence-electron chi connectivity index (χ2n) is 2.41. The van der Waals surface area contributed by atoms with Gasteiger partial charge in [0.1, 0.15) is 6.23 Å². The molecule has 1 atom stereocenters. The predicted octanol–water partition coefficient (Wildman–Crippen LogP) is -0.562. The fourth-order valence-electron chi connectivity index (χ4n) is 0.859. The summed E-state index contributed by atoms with van der Waals surface area (Å²) in [5.41, 5.74) is -1.04. The van der Waals surface area contributed by atoms with E-state index in [1.54, 1.807) is 6.92 Å². The Kier molecular flexibility index (Phi) is 2.44. The highest BCUT2D eigenvalue weighted by Gasteiger charge is 2.04. The summed E-state index contributed by atoms with van der Waals surface area (Å²) in [7, 11) is 0. The third kappa shape index (κ3) is 1.62. The number of aromatic nitrogens is 2. The monoisotopic (exact) mass is 170 g/mol. The third-order valence-electron chi connectivity index (χ3n) is 1.54. The van der Waals surface area contributed by atoms with E-state index in [-0.39, 0.29) is 0 Å². The molecule has 1 heterocycles. The Morgan fingerprint density at radius 2 is 2.33 bits per heavy atom. The fourth-order valence-corrected chi connectivity index (χ4v) is 0.859. The fraction of sp³-hybridized carbons (Fsp3) is 0.429. The van der Waals surface area contributed by atoms with Crippen molar-refractivity contribution in [1.29, 1.82) is 0 Å². The molecular formula is C7H10N2O3. The lowest BCUT2D eigenvalue weighted by Gasteiger charge is -2.09. The van der Waals surface area contributed by atoms with Crippen molar-refractivity contribution in [3.63, 3.8) is 0 Å². The predicted molar refractivity (Wildman–Crippen MR) is 42.9 cm³/mol. The van der Waals surface area contributed by atoms with Gasteiger partial charge in [-0.25, -0.2) is 4.79 Å². The molecule has 0 amide bonds. The minimum Gasteiger partial charge on any atom is -0.373 e. The van der Waals surface area contributed by atoms with Crippen LogP contribution in [-0.4, -0.2) is 14.7 Å². The number of aliphatic hydroxyl groups excluding tert-OH is 1. The summed E-state index contributed by atoms with van der Waals surface area (Å²) in [4.78, 5) is 23.6. The van der Waals surface area contributed by atoms with E-state index in [2.05, 4.69) is 0 Å². The smallest absolute Gasteiger partial charge is 0.330 e. The number of hydrogen-bond acceptors (Lipinski definition) is 3. The van der Waals surface area contributed by atoms with Crippen LogP contribution in [0.3, 0.4) is 0 Å². The zero-order valence-corrected chi connectivity index (χ0v) is 6.65. The SMILES string of the molecule is CC[C@@H](O)n1ccc(=O)[nH]c1=O. The van der Waals surface area contributed by atoms with Crippen molar-refractivity contribution in [2.45, 2.75) is 19.6 Å². The van der Waals surface area contributed by atoms with E-state index in [1.165, 1.54) is 12.3 Å². The van der Waals surface area contributed by atoms with Crippen LogP contribution in [0.4, 0.5) is 0 Å². The van der Waals surface area contributed by atoms with Crippen LogP contribution in [-0.2, 0) is 0 Å². The number of nitrogens with one attached hydrogen (secondary N) is 1. The van der Waals surface area contributed by atoms with Gasteiger partial charge < -0.3 is 5.11 Å². The number of H-pyrrole nitrogens is 1. The minimum atomic E-state index is -0.866. The number of hydrogen-bond donors (Lipinski definition) is 2. The van der Waals surface area contributed by atoms with E-state index in [1.807, 2.05) is 4.98 Å². The normalized spacial score (nSPS) is 12.8. The molecule has 5 heteroatoms. The first kappa shape index (κ1) is 8.73. The van der Waals surface area contributed by atoms with Crippen LogP contribution in [0.1, 0.15) is 19.6 Å². The van der Waals surface area contributed by atoms with E-state index in [0.717, 1.165) is 4.57 Å². The highest BCUT2D eigenvalue weighted by atomic mass is 16.3. The van der Waals surface area contributed by atoms with Crippen LogP contribution in [0.2, 0.25) is 0 Å². The summed E-state index contributed by atoms with van der Waals surface area (Å²) in [5.74, 6) is 0. The van der Waals surface area contributed by atoms with E-state index >= 15 is 0 Å². The van der Waals surface area contributed by atoms with E-state index in [0.29, 0.717) is 6.42 Å². The molecule has 1 aromatic heterocycles. The second-order valence-corrected chi connectivity index (χ2v) is 2.41. The number of aliphatic hydroxyl groups is 1. The minimum absolute atomic E-state index is 0.423. The van der Waals surface area contributed by atoms with Gasteiger partial charge in [0.15, 0.2) is 0 Å². The third-order valence-corrected chi connectivity index (χ3v) is 1.54. The van der Waals surface area contributed by atoms with Crippen LogP contribution < -0.4 is 11.2 Å². The van der Waals surface area contributed by atoms with Crippen LogP contribution >= 0.6 is 0 Å². The molecule has 0 radical (unpaired) electrons. The summed E-state index contributed by atoms with van der Waals surface area (Å²) in [5, 5.41) is 9.24. The molecule has 0 unspecified atom stereocenters. The van der Waals surface area contributed by atoms with Crippen LogP contribution in [0, 0.1) is 0 Å². The molecule has 0 saturated carbocycles. The van der Waals surface area contributed by atoms with Crippen molar-refractivity contribution >= 4 is 0 Å². The number of aromatic amines is 1. The van der Waals surface area contributed by atoms with E-state index < -0.39 is 17.5 Å². The largest absolute Gasteiger partial charge is 0.373 e. The maximum Gasteiger partial charge on any atom is 0.330 e. The first-order valence-corrected chi connectivity index (χ1v) is 3.64. The summed E-state index contributed by atoms with van der Waals surface area (Å²) in [6, 6.07) is 1.19. The molecule has 0 aliphatic rings. The molecule has 12 heavy (non-hydrogen) atoms. The lowest BCUT2D eigenvalue weighted by atomic mass is 10.4. The molecular weight excluding hydrogens is 160 g/mol. The van der Waals surface area contributed by atoms with Gasteiger partial charge in [-0.15, -0.1) is 0 Å². The van der Waals surface area contributed by atoms with E-state index in [9.17, 15) is 14.7 Å². The molecule has 1 aromatic rings. The maximum atomic E-state index is 11.0. The molecule has 0 aliphatic carbocycles. The van der Waals surface area contributed by atoms with E-state index in [4.69, 9.17) is 0 Å². The Morgan fingerprint density at radius 1 is 1.67 bits per heavy atom.